The fourth-order valence-electron chi connectivity index (χ4n) is 2.59. The zero-order chi connectivity index (χ0) is 18.0. The predicted octanol–water partition coefficient (Wildman–Crippen LogP) is 1.51. The molecule has 0 aliphatic carbocycles. The molecule has 3 rings (SSSR count). The number of halogens is 2. The molecule has 2 heterocycles. The van der Waals surface area contributed by atoms with Crippen LogP contribution in [0.15, 0.2) is 47.6 Å². The van der Waals surface area contributed by atoms with Gasteiger partial charge in [0.25, 0.3) is 5.91 Å². The Balaban J connectivity index is 1.71. The quantitative estimate of drug-likeness (QED) is 0.825. The summed E-state index contributed by atoms with van der Waals surface area (Å²) >= 11 is 0. The number of amides is 1. The van der Waals surface area contributed by atoms with Gasteiger partial charge in [0.1, 0.15) is 0 Å². The third-order valence-corrected chi connectivity index (χ3v) is 5.88. The molecule has 6 nitrogen and oxygen atoms in total. The Hall–Kier alpha value is -2.39. The van der Waals surface area contributed by atoms with Crippen molar-refractivity contribution in [2.45, 2.75) is 4.90 Å². The van der Waals surface area contributed by atoms with E-state index >= 15 is 0 Å². The number of carbonyl (C=O) groups excluding carboxylic acids is 1. The fraction of sp³-hybridized carbons (Fsp3) is 0.250. The highest BCUT2D eigenvalue weighted by molar-refractivity contribution is 7.89. The van der Waals surface area contributed by atoms with Crippen LogP contribution in [0.25, 0.3) is 0 Å². The predicted molar refractivity (Wildman–Crippen MR) is 85.3 cm³/mol. The normalized spacial score (nSPS) is 16.0. The van der Waals surface area contributed by atoms with E-state index in [1.807, 2.05) is 0 Å². The number of pyridine rings is 1. The summed E-state index contributed by atoms with van der Waals surface area (Å²) in [6, 6.07) is 5.66. The van der Waals surface area contributed by atoms with Gasteiger partial charge in [-0.25, -0.2) is 17.2 Å². The third-order valence-electron chi connectivity index (χ3n) is 3.98. The first-order valence-corrected chi connectivity index (χ1v) is 8.98. The molecule has 0 N–H and O–H groups in total. The van der Waals surface area contributed by atoms with Crippen molar-refractivity contribution >= 4 is 15.9 Å². The molecule has 1 saturated heterocycles. The van der Waals surface area contributed by atoms with Crippen LogP contribution in [0.2, 0.25) is 0 Å². The molecule has 132 valence electrons. The molecular formula is C16H15F2N3O3S. The van der Waals surface area contributed by atoms with Crippen molar-refractivity contribution in [2.24, 2.45) is 0 Å². The van der Waals surface area contributed by atoms with Crippen LogP contribution in [-0.2, 0) is 10.0 Å². The van der Waals surface area contributed by atoms with E-state index in [1.54, 1.807) is 17.0 Å². The number of benzene rings is 1. The molecule has 1 fully saturated rings. The van der Waals surface area contributed by atoms with Crippen molar-refractivity contribution in [1.29, 1.82) is 0 Å². The smallest absolute Gasteiger partial charge is 0.254 e. The first-order valence-electron chi connectivity index (χ1n) is 7.54. The topological polar surface area (TPSA) is 70.6 Å². The van der Waals surface area contributed by atoms with E-state index in [9.17, 15) is 22.0 Å². The van der Waals surface area contributed by atoms with Gasteiger partial charge < -0.3 is 4.90 Å². The van der Waals surface area contributed by atoms with Gasteiger partial charge in [-0.3, -0.25) is 9.78 Å². The van der Waals surface area contributed by atoms with Crippen molar-refractivity contribution in [3.05, 3.63) is 59.9 Å². The van der Waals surface area contributed by atoms with Gasteiger partial charge in [-0.15, -0.1) is 0 Å². The SMILES string of the molecule is O=C(c1ccncc1)N1CCN(S(=O)(=O)c2ccc(F)c(F)c2)CC1. The minimum Gasteiger partial charge on any atom is -0.336 e. The van der Waals surface area contributed by atoms with Gasteiger partial charge in [-0.1, -0.05) is 0 Å². The van der Waals surface area contributed by atoms with E-state index in [0.717, 1.165) is 16.4 Å². The van der Waals surface area contributed by atoms with Crippen molar-refractivity contribution in [2.75, 3.05) is 26.2 Å². The molecular weight excluding hydrogens is 352 g/mol. The van der Waals surface area contributed by atoms with Gasteiger partial charge in [0.05, 0.1) is 4.90 Å². The Morgan fingerprint density at radius 1 is 0.960 bits per heavy atom. The van der Waals surface area contributed by atoms with Gasteiger partial charge >= 0.3 is 0 Å². The molecule has 0 spiro atoms. The van der Waals surface area contributed by atoms with Crippen molar-refractivity contribution in [3.8, 4) is 0 Å². The molecule has 0 saturated carbocycles. The molecule has 0 unspecified atom stereocenters. The molecule has 1 aromatic heterocycles. The Kier molecular flexibility index (Phi) is 4.78. The minimum absolute atomic E-state index is 0.0815. The average molecular weight is 367 g/mol. The largest absolute Gasteiger partial charge is 0.336 e. The molecule has 0 atom stereocenters. The van der Waals surface area contributed by atoms with E-state index in [1.165, 1.54) is 12.4 Å². The lowest BCUT2D eigenvalue weighted by molar-refractivity contribution is 0.0698. The van der Waals surface area contributed by atoms with Crippen molar-refractivity contribution < 1.29 is 22.0 Å². The summed E-state index contributed by atoms with van der Waals surface area (Å²) in [5, 5.41) is 0. The van der Waals surface area contributed by atoms with Gasteiger partial charge in [0.2, 0.25) is 10.0 Å². The summed E-state index contributed by atoms with van der Waals surface area (Å²) in [5.74, 6) is -2.52. The zero-order valence-corrected chi connectivity index (χ0v) is 13.9. The number of sulfonamides is 1. The minimum atomic E-state index is -3.94. The van der Waals surface area contributed by atoms with E-state index in [4.69, 9.17) is 0 Å². The summed E-state index contributed by atoms with van der Waals surface area (Å²) < 4.78 is 52.5. The van der Waals surface area contributed by atoms with Crippen LogP contribution in [0.4, 0.5) is 8.78 Å². The first kappa shape index (κ1) is 17.4. The molecule has 1 amide bonds. The second-order valence-electron chi connectivity index (χ2n) is 5.51. The molecule has 0 radical (unpaired) electrons. The van der Waals surface area contributed by atoms with Gasteiger partial charge in [0.15, 0.2) is 11.6 Å². The third kappa shape index (κ3) is 3.52. The van der Waals surface area contributed by atoms with Crippen LogP contribution in [-0.4, -0.2) is 54.7 Å². The number of hydrogen-bond donors (Lipinski definition) is 0. The van der Waals surface area contributed by atoms with Crippen LogP contribution in [0, 0.1) is 11.6 Å². The summed E-state index contributed by atoms with van der Waals surface area (Å²) in [4.78, 5) is 17.4. The van der Waals surface area contributed by atoms with Gasteiger partial charge in [-0.05, 0) is 30.3 Å². The Morgan fingerprint density at radius 2 is 1.60 bits per heavy atom. The van der Waals surface area contributed by atoms with Crippen LogP contribution in [0.5, 0.6) is 0 Å². The van der Waals surface area contributed by atoms with E-state index in [0.29, 0.717) is 11.6 Å². The van der Waals surface area contributed by atoms with Crippen LogP contribution < -0.4 is 0 Å². The molecule has 1 aromatic carbocycles. The lowest BCUT2D eigenvalue weighted by Gasteiger charge is -2.34. The second kappa shape index (κ2) is 6.85. The molecule has 9 heteroatoms. The van der Waals surface area contributed by atoms with Crippen molar-refractivity contribution in [1.82, 2.24) is 14.2 Å². The number of piperazine rings is 1. The molecule has 1 aliphatic rings. The Bertz CT molecular complexity index is 883. The maximum atomic E-state index is 13.3. The van der Waals surface area contributed by atoms with Gasteiger partial charge in [0, 0.05) is 44.1 Å². The van der Waals surface area contributed by atoms with Crippen LogP contribution in [0.1, 0.15) is 10.4 Å². The average Bonchev–Trinajstić information content (AvgIpc) is 2.64. The number of nitrogens with zero attached hydrogens (tertiary/aromatic N) is 3. The Morgan fingerprint density at radius 3 is 2.20 bits per heavy atom. The molecule has 25 heavy (non-hydrogen) atoms. The van der Waals surface area contributed by atoms with Crippen LogP contribution in [0.3, 0.4) is 0 Å². The van der Waals surface area contributed by atoms with Crippen molar-refractivity contribution in [3.63, 3.8) is 0 Å². The highest BCUT2D eigenvalue weighted by atomic mass is 32.2. The van der Waals surface area contributed by atoms with Gasteiger partial charge in [-0.2, -0.15) is 4.31 Å². The van der Waals surface area contributed by atoms with E-state index < -0.39 is 21.7 Å². The number of carbonyl (C=O) groups is 1. The molecule has 0 bridgehead atoms. The molecule has 1 aliphatic heterocycles. The highest BCUT2D eigenvalue weighted by Crippen LogP contribution is 2.20. The highest BCUT2D eigenvalue weighted by Gasteiger charge is 2.30. The summed E-state index contributed by atoms with van der Waals surface area (Å²) in [6.45, 7) is 0.588. The van der Waals surface area contributed by atoms with E-state index in [2.05, 4.69) is 4.98 Å². The summed E-state index contributed by atoms with van der Waals surface area (Å²) in [6.07, 6.45) is 3.02. The standard InChI is InChI=1S/C16H15F2N3O3S/c17-14-2-1-13(11-15(14)18)25(23,24)21-9-7-20(8-10-21)16(22)12-3-5-19-6-4-12/h1-6,11H,7-10H2. The molecule has 2 aromatic rings. The lowest BCUT2D eigenvalue weighted by atomic mass is 10.2. The number of hydrogen-bond acceptors (Lipinski definition) is 4. The summed E-state index contributed by atoms with van der Waals surface area (Å²) in [5.41, 5.74) is 0.479. The Labute approximate surface area is 143 Å². The maximum Gasteiger partial charge on any atom is 0.254 e. The number of aromatic nitrogens is 1. The maximum absolute atomic E-state index is 13.3. The second-order valence-corrected chi connectivity index (χ2v) is 7.45. The number of rotatable bonds is 3. The monoisotopic (exact) mass is 367 g/mol. The fourth-order valence-corrected chi connectivity index (χ4v) is 4.03. The summed E-state index contributed by atoms with van der Waals surface area (Å²) in [7, 11) is -3.94. The first-order chi connectivity index (χ1) is 11.9. The lowest BCUT2D eigenvalue weighted by Crippen LogP contribution is -2.50. The zero-order valence-electron chi connectivity index (χ0n) is 13.1. The van der Waals surface area contributed by atoms with Crippen LogP contribution >= 0.6 is 0 Å². The van der Waals surface area contributed by atoms with E-state index in [-0.39, 0.29) is 37.0 Å².